The van der Waals surface area contributed by atoms with Crippen molar-refractivity contribution in [3.8, 4) is 0 Å². The number of thioether (sulfide) groups is 1. The maximum atomic E-state index is 12.7. The molecule has 0 aromatic rings. The van der Waals surface area contributed by atoms with Crippen molar-refractivity contribution in [1.29, 1.82) is 0 Å². The van der Waals surface area contributed by atoms with Gasteiger partial charge in [0, 0.05) is 32.5 Å². The number of amides is 1. The molecule has 10 heteroatoms. The second-order valence-electron chi connectivity index (χ2n) is 4.51. The Balaban J connectivity index is 2.42. The average molecular weight is 336 g/mol. The van der Waals surface area contributed by atoms with Crippen molar-refractivity contribution >= 4 is 31.2 Å². The van der Waals surface area contributed by atoms with Gasteiger partial charge < -0.3 is 19.5 Å². The standard InChI is InChI=1S/C11H17N2O6PS/c1-6(14)19-4-7-5-21-11-8(12)9(15)13(11)10(7)20(16,17-2)18-3/h8,11H,4-5,12H2,1-3H3/t8-,11-/m0/s1. The van der Waals surface area contributed by atoms with E-state index in [1.54, 1.807) is 0 Å². The maximum Gasteiger partial charge on any atom is 0.377 e. The fourth-order valence-electron chi connectivity index (χ4n) is 2.18. The van der Waals surface area contributed by atoms with Crippen LogP contribution in [0, 0.1) is 0 Å². The molecule has 2 aliphatic heterocycles. The van der Waals surface area contributed by atoms with Crippen LogP contribution in [0.1, 0.15) is 6.92 Å². The number of nitrogens with two attached hydrogens (primary N) is 1. The fraction of sp³-hybridized carbons (Fsp3) is 0.636. The number of fused-ring (bicyclic) bond motifs is 1. The monoisotopic (exact) mass is 336 g/mol. The Labute approximate surface area is 126 Å². The van der Waals surface area contributed by atoms with Gasteiger partial charge in [-0.2, -0.15) is 0 Å². The molecule has 8 nitrogen and oxygen atoms in total. The van der Waals surface area contributed by atoms with E-state index in [9.17, 15) is 14.2 Å². The fourth-order valence-corrected chi connectivity index (χ4v) is 5.15. The van der Waals surface area contributed by atoms with Crippen molar-refractivity contribution in [2.75, 3.05) is 26.6 Å². The summed E-state index contributed by atoms with van der Waals surface area (Å²) in [6, 6.07) is -0.637. The van der Waals surface area contributed by atoms with E-state index < -0.39 is 19.6 Å². The van der Waals surface area contributed by atoms with Crippen molar-refractivity contribution in [2.45, 2.75) is 18.3 Å². The molecule has 2 atom stereocenters. The minimum atomic E-state index is -3.65. The van der Waals surface area contributed by atoms with Gasteiger partial charge >= 0.3 is 13.6 Å². The van der Waals surface area contributed by atoms with Gasteiger partial charge in [0.1, 0.15) is 23.5 Å². The van der Waals surface area contributed by atoms with Crippen LogP contribution < -0.4 is 5.73 Å². The summed E-state index contributed by atoms with van der Waals surface area (Å²) >= 11 is 1.42. The zero-order chi connectivity index (χ0) is 15.8. The van der Waals surface area contributed by atoms with Gasteiger partial charge in [-0.3, -0.25) is 19.1 Å². The van der Waals surface area contributed by atoms with E-state index in [-0.39, 0.29) is 23.3 Å². The predicted molar refractivity (Wildman–Crippen MR) is 76.4 cm³/mol. The second-order valence-corrected chi connectivity index (χ2v) is 7.76. The number of ether oxygens (including phenoxy) is 1. The molecule has 0 aromatic carbocycles. The molecule has 1 amide bonds. The highest BCUT2D eigenvalue weighted by molar-refractivity contribution is 8.00. The van der Waals surface area contributed by atoms with E-state index in [4.69, 9.17) is 19.5 Å². The zero-order valence-corrected chi connectivity index (χ0v) is 13.6. The van der Waals surface area contributed by atoms with Crippen molar-refractivity contribution < 1.29 is 27.9 Å². The van der Waals surface area contributed by atoms with E-state index in [2.05, 4.69) is 0 Å². The van der Waals surface area contributed by atoms with Gasteiger partial charge in [0.15, 0.2) is 0 Å². The third-order valence-corrected chi connectivity index (χ3v) is 6.62. The third-order valence-electron chi connectivity index (χ3n) is 3.25. The molecule has 0 bridgehead atoms. The lowest BCUT2D eigenvalue weighted by Crippen LogP contribution is -2.67. The molecule has 2 aliphatic rings. The number of nitrogens with zero attached hydrogens (tertiary/aromatic N) is 1. The number of rotatable bonds is 5. The first-order valence-corrected chi connectivity index (χ1v) is 8.72. The van der Waals surface area contributed by atoms with E-state index in [0.717, 1.165) is 0 Å². The number of esters is 1. The predicted octanol–water partition coefficient (Wildman–Crippen LogP) is 0.489. The maximum absolute atomic E-state index is 12.7. The van der Waals surface area contributed by atoms with Crippen LogP contribution in [0.25, 0.3) is 0 Å². The molecule has 1 fully saturated rings. The summed E-state index contributed by atoms with van der Waals surface area (Å²) in [5, 5.41) is -0.299. The molecule has 118 valence electrons. The summed E-state index contributed by atoms with van der Waals surface area (Å²) in [4.78, 5) is 24.3. The van der Waals surface area contributed by atoms with Gasteiger partial charge in [-0.15, -0.1) is 11.8 Å². The Morgan fingerprint density at radius 1 is 1.48 bits per heavy atom. The highest BCUT2D eigenvalue weighted by Crippen LogP contribution is 2.61. The zero-order valence-electron chi connectivity index (χ0n) is 11.9. The summed E-state index contributed by atoms with van der Waals surface area (Å²) in [5.74, 6) is -0.385. The molecule has 2 rings (SSSR count). The van der Waals surface area contributed by atoms with Crippen LogP contribution in [0.5, 0.6) is 0 Å². The van der Waals surface area contributed by atoms with Crippen LogP contribution in [0.2, 0.25) is 0 Å². The molecule has 0 spiro atoms. The van der Waals surface area contributed by atoms with Gasteiger partial charge in [-0.1, -0.05) is 0 Å². The lowest BCUT2D eigenvalue weighted by atomic mass is 10.1. The average Bonchev–Trinajstić information content (AvgIpc) is 2.50. The number of β-lactam (4-membered cyclic amide) rings is 1. The summed E-state index contributed by atoms with van der Waals surface area (Å²) in [5.41, 5.74) is 6.41. The Morgan fingerprint density at radius 2 is 2.10 bits per heavy atom. The van der Waals surface area contributed by atoms with Crippen LogP contribution >= 0.6 is 19.4 Å². The Kier molecular flexibility index (Phi) is 4.79. The normalized spacial score (nSPS) is 25.5. The SMILES string of the molecule is COP(=O)(OC)C1=C(COC(C)=O)CS[C@H]2[C@@H](N)C(=O)N12. The lowest BCUT2D eigenvalue weighted by molar-refractivity contribution is -0.141. The summed E-state index contributed by atoms with van der Waals surface area (Å²) in [6.45, 7) is 1.20. The quantitative estimate of drug-likeness (QED) is 0.439. The van der Waals surface area contributed by atoms with Crippen molar-refractivity contribution in [3.63, 3.8) is 0 Å². The summed E-state index contributed by atoms with van der Waals surface area (Å²) < 4.78 is 27.7. The molecule has 0 unspecified atom stereocenters. The summed E-state index contributed by atoms with van der Waals surface area (Å²) in [6.07, 6.45) is 0. The van der Waals surface area contributed by atoms with Crippen LogP contribution in [-0.4, -0.2) is 54.8 Å². The molecule has 2 heterocycles. The molecule has 1 saturated heterocycles. The van der Waals surface area contributed by atoms with E-state index in [0.29, 0.717) is 11.3 Å². The van der Waals surface area contributed by atoms with Gasteiger partial charge in [0.05, 0.1) is 0 Å². The largest absolute Gasteiger partial charge is 0.461 e. The highest BCUT2D eigenvalue weighted by Gasteiger charge is 2.55. The Hall–Kier alpha value is -0.860. The molecule has 0 aliphatic carbocycles. The topological polar surface area (TPSA) is 108 Å². The third kappa shape index (κ3) is 2.76. The van der Waals surface area contributed by atoms with Crippen molar-refractivity contribution in [3.05, 3.63) is 11.0 Å². The van der Waals surface area contributed by atoms with Crippen molar-refractivity contribution in [2.24, 2.45) is 5.73 Å². The first-order valence-electron chi connectivity index (χ1n) is 6.13. The molecular formula is C11H17N2O6PS. The smallest absolute Gasteiger partial charge is 0.377 e. The molecule has 21 heavy (non-hydrogen) atoms. The van der Waals surface area contributed by atoms with Gasteiger partial charge in [-0.25, -0.2) is 0 Å². The first kappa shape index (κ1) is 16.5. The Morgan fingerprint density at radius 3 is 2.62 bits per heavy atom. The number of carbonyl (C=O) groups excluding carboxylic acids is 2. The minimum absolute atomic E-state index is 0.0693. The lowest BCUT2D eigenvalue weighted by Gasteiger charge is -2.49. The second kappa shape index (κ2) is 6.10. The molecule has 0 aromatic heterocycles. The molecule has 0 radical (unpaired) electrons. The van der Waals surface area contributed by atoms with Crippen LogP contribution in [-0.2, 0) is 27.9 Å². The van der Waals surface area contributed by atoms with Crippen molar-refractivity contribution in [1.82, 2.24) is 4.90 Å². The van der Waals surface area contributed by atoms with Gasteiger partial charge in [0.25, 0.3) is 0 Å². The molecule has 0 saturated carbocycles. The number of hydrogen-bond donors (Lipinski definition) is 1. The van der Waals surface area contributed by atoms with E-state index >= 15 is 0 Å². The molecular weight excluding hydrogens is 319 g/mol. The van der Waals surface area contributed by atoms with Gasteiger partial charge in [-0.05, 0) is 0 Å². The first-order chi connectivity index (χ1) is 9.85. The Bertz CT molecular complexity index is 543. The number of carbonyl (C=O) groups is 2. The van der Waals surface area contributed by atoms with Crippen LogP contribution in [0.3, 0.4) is 0 Å². The molecule has 2 N–H and O–H groups in total. The van der Waals surface area contributed by atoms with Crippen LogP contribution in [0.4, 0.5) is 0 Å². The highest BCUT2D eigenvalue weighted by atomic mass is 32.2. The van der Waals surface area contributed by atoms with E-state index in [1.165, 1.54) is 37.8 Å². The minimum Gasteiger partial charge on any atom is -0.461 e. The van der Waals surface area contributed by atoms with Gasteiger partial charge in [0.2, 0.25) is 5.91 Å². The summed E-state index contributed by atoms with van der Waals surface area (Å²) in [7, 11) is -1.18. The van der Waals surface area contributed by atoms with Crippen LogP contribution in [0.15, 0.2) is 11.0 Å². The van der Waals surface area contributed by atoms with E-state index in [1.807, 2.05) is 0 Å². The number of hydrogen-bond acceptors (Lipinski definition) is 8.